The topological polar surface area (TPSA) is 0 Å². The second-order valence-electron chi connectivity index (χ2n) is 18.8. The fourth-order valence-corrected chi connectivity index (χ4v) is 7.06. The molecule has 4 unspecified atom stereocenters. The van der Waals surface area contributed by atoms with E-state index in [2.05, 4.69) is 52.0 Å². The van der Waals surface area contributed by atoms with Gasteiger partial charge < -0.3 is 0 Å². The molecule has 354 valence electrons. The maximum Gasteiger partial charge on any atom is 0.250 e. The lowest BCUT2D eigenvalue weighted by Gasteiger charge is -2.32. The average Bonchev–Trinajstić information content (AvgIpc) is 3.22. The first-order valence-corrected chi connectivity index (χ1v) is 23.0. The van der Waals surface area contributed by atoms with Gasteiger partial charge in [0.1, 0.15) is 23.6 Å². The van der Waals surface area contributed by atoms with Crippen LogP contribution in [0.5, 0.6) is 0 Å². The molecule has 3 aliphatic rings. The molecule has 8 heteroatoms. The van der Waals surface area contributed by atoms with Crippen LogP contribution in [0.1, 0.15) is 150 Å². The van der Waals surface area contributed by atoms with Crippen molar-refractivity contribution in [3.8, 4) is 0 Å². The Balaban J connectivity index is 0.000000368. The van der Waals surface area contributed by atoms with Gasteiger partial charge in [-0.25, -0.2) is 35.1 Å². The van der Waals surface area contributed by atoms with Gasteiger partial charge in [-0.1, -0.05) is 139 Å². The van der Waals surface area contributed by atoms with Gasteiger partial charge >= 0.3 is 0 Å². The van der Waals surface area contributed by atoms with Crippen LogP contribution in [0.3, 0.4) is 0 Å². The maximum absolute atomic E-state index is 12.8. The summed E-state index contributed by atoms with van der Waals surface area (Å²) in [6.45, 7) is 24.3. The number of aryl methyl sites for hydroxylation is 7. The Morgan fingerprint density at radius 1 is 0.429 bits per heavy atom. The zero-order valence-electron chi connectivity index (χ0n) is 40.6. The summed E-state index contributed by atoms with van der Waals surface area (Å²) in [7, 11) is 0. The van der Waals surface area contributed by atoms with Gasteiger partial charge in [0.25, 0.3) is 5.92 Å². The van der Waals surface area contributed by atoms with Gasteiger partial charge in [0.15, 0.2) is 11.6 Å². The largest absolute Gasteiger partial charge is 0.250 e. The lowest BCUT2D eigenvalue weighted by Crippen LogP contribution is -2.32. The normalized spacial score (nSPS) is 22.1. The number of hydrogen-bond acceptors (Lipinski definition) is 0. The van der Waals surface area contributed by atoms with E-state index < -0.39 is 41.3 Å². The van der Waals surface area contributed by atoms with Gasteiger partial charge in [0.2, 0.25) is 0 Å². The van der Waals surface area contributed by atoms with E-state index >= 15 is 0 Å². The van der Waals surface area contributed by atoms with Crippen LogP contribution in [0.2, 0.25) is 0 Å². The highest BCUT2D eigenvalue weighted by atomic mass is 19.3. The molecular weight excluding hydrogens is 813 g/mol. The first kappa shape index (κ1) is 57.3. The highest BCUT2D eigenvalue weighted by molar-refractivity contribution is 5.25. The molecule has 0 aliphatic heterocycles. The number of hydrogen-bond donors (Lipinski definition) is 0. The minimum atomic E-state index is -2.39. The number of benzene rings is 4. The SMILES string of the molecule is CC1CCC(C)C(F)(F)C1.CC1CCC(C)CC1.CC1CCCCC1F.Cc1cc(F)c(C)c(F)c1.Cc1ccc(C)c(F)c1.Cc1ccc(C)c(F)c1F.Cc1ccc(C)cc1. The van der Waals surface area contributed by atoms with Crippen LogP contribution in [-0.2, 0) is 0 Å². The standard InChI is InChI=1S/C8H8F2.C8H14F2.C8H8F2.C8H9F.C8H16.C8H10.C7H13F/c1-5-3-7(9)6(2)8(10)4-5;1-6-3-4-7(2)8(9,10)5-6;1-5-3-4-6(2)8(10)7(5)9;1-6-3-4-7(2)8(9)5-6;2*1-7-3-5-8(2)6-4-7;1-6-4-2-3-5-7(6)8/h3-4H,1-2H3;6-7H,3-5H2,1-2H3;3-4H,1-2H3;3-5H,1-2H3;7-8H,3-6H2,1-2H3;3-6H,1-2H3;6-7H,2-5H2,1H3. The summed E-state index contributed by atoms with van der Waals surface area (Å²) in [5.74, 6) is -2.74. The molecule has 3 aliphatic carbocycles. The van der Waals surface area contributed by atoms with Crippen molar-refractivity contribution in [2.45, 2.75) is 173 Å². The summed E-state index contributed by atoms with van der Waals surface area (Å²) >= 11 is 0. The Bertz CT molecular complexity index is 1790. The van der Waals surface area contributed by atoms with Gasteiger partial charge in [0.05, 0.1) is 0 Å². The van der Waals surface area contributed by atoms with E-state index in [1.165, 1.54) is 82.2 Å². The van der Waals surface area contributed by atoms with Crippen molar-refractivity contribution in [1.29, 1.82) is 0 Å². The van der Waals surface area contributed by atoms with Crippen molar-refractivity contribution in [2.24, 2.45) is 29.6 Å². The van der Waals surface area contributed by atoms with Gasteiger partial charge in [-0.05, 0) is 144 Å². The van der Waals surface area contributed by atoms with Crippen LogP contribution < -0.4 is 0 Å². The Kier molecular flexibility index (Phi) is 26.4. The van der Waals surface area contributed by atoms with Crippen molar-refractivity contribution in [3.05, 3.63) is 140 Å². The molecule has 0 amide bonds. The fourth-order valence-electron chi connectivity index (χ4n) is 7.06. The summed E-state index contributed by atoms with van der Waals surface area (Å²) in [6, 6.07) is 19.5. The van der Waals surface area contributed by atoms with E-state index in [1.54, 1.807) is 39.0 Å². The molecule has 7 rings (SSSR count). The molecule has 3 fully saturated rings. The smallest absolute Gasteiger partial charge is 0.247 e. The van der Waals surface area contributed by atoms with Crippen LogP contribution in [0.25, 0.3) is 0 Å². The van der Waals surface area contributed by atoms with Crippen molar-refractivity contribution in [3.63, 3.8) is 0 Å². The molecule has 0 radical (unpaired) electrons. The van der Waals surface area contributed by atoms with Crippen LogP contribution in [0.4, 0.5) is 35.1 Å². The summed E-state index contributed by atoms with van der Waals surface area (Å²) in [6.07, 6.45) is 11.4. The predicted octanol–water partition coefficient (Wildman–Crippen LogP) is 18.4. The average molecular weight is 891 g/mol. The van der Waals surface area contributed by atoms with Crippen LogP contribution in [0, 0.1) is 114 Å². The van der Waals surface area contributed by atoms with E-state index in [-0.39, 0.29) is 23.7 Å². The molecule has 4 aromatic carbocycles. The monoisotopic (exact) mass is 891 g/mol. The molecule has 63 heavy (non-hydrogen) atoms. The van der Waals surface area contributed by atoms with E-state index in [9.17, 15) is 35.1 Å². The molecule has 0 saturated heterocycles. The molecule has 0 N–H and O–H groups in total. The maximum atomic E-state index is 12.8. The Labute approximate surface area is 376 Å². The minimum Gasteiger partial charge on any atom is -0.247 e. The van der Waals surface area contributed by atoms with E-state index in [1.807, 2.05) is 26.8 Å². The van der Waals surface area contributed by atoms with E-state index in [0.717, 1.165) is 43.1 Å². The Morgan fingerprint density at radius 2 is 0.810 bits per heavy atom. The quantitative estimate of drug-likeness (QED) is 0.154. The van der Waals surface area contributed by atoms with Gasteiger partial charge in [-0.3, -0.25) is 0 Å². The van der Waals surface area contributed by atoms with Crippen molar-refractivity contribution >= 4 is 0 Å². The number of rotatable bonds is 0. The molecule has 4 atom stereocenters. The predicted molar refractivity (Wildman–Crippen MR) is 250 cm³/mol. The lowest BCUT2D eigenvalue weighted by molar-refractivity contribution is -0.0927. The van der Waals surface area contributed by atoms with Crippen LogP contribution in [-0.4, -0.2) is 12.1 Å². The third-order valence-electron chi connectivity index (χ3n) is 12.2. The molecular formula is C55H78F8. The van der Waals surface area contributed by atoms with E-state index in [0.29, 0.717) is 34.6 Å². The fraction of sp³-hybridized carbons (Fsp3) is 0.564. The summed E-state index contributed by atoms with van der Waals surface area (Å²) in [4.78, 5) is 0. The zero-order valence-corrected chi connectivity index (χ0v) is 40.6. The zero-order chi connectivity index (χ0) is 48.0. The minimum absolute atomic E-state index is 0.0885. The van der Waals surface area contributed by atoms with Crippen molar-refractivity contribution in [1.82, 2.24) is 0 Å². The molecule has 0 bridgehead atoms. The van der Waals surface area contributed by atoms with E-state index in [4.69, 9.17) is 0 Å². The molecule has 4 aromatic rings. The lowest BCUT2D eigenvalue weighted by atomic mass is 9.81. The summed E-state index contributed by atoms with van der Waals surface area (Å²) in [5, 5.41) is 0. The number of alkyl halides is 3. The molecule has 0 nitrogen and oxygen atoms in total. The molecule has 0 spiro atoms. The third-order valence-corrected chi connectivity index (χ3v) is 12.2. The van der Waals surface area contributed by atoms with Gasteiger partial charge in [-0.2, -0.15) is 0 Å². The highest BCUT2D eigenvalue weighted by Crippen LogP contribution is 2.40. The summed E-state index contributed by atoms with van der Waals surface area (Å²) < 4.78 is 101. The third kappa shape index (κ3) is 23.2. The highest BCUT2D eigenvalue weighted by Gasteiger charge is 2.40. The Hall–Kier alpha value is -3.68. The van der Waals surface area contributed by atoms with Crippen LogP contribution in [0.15, 0.2) is 66.7 Å². The van der Waals surface area contributed by atoms with Gasteiger partial charge in [-0.15, -0.1) is 0 Å². The van der Waals surface area contributed by atoms with Gasteiger partial charge in [0, 0.05) is 17.9 Å². The second-order valence-corrected chi connectivity index (χ2v) is 18.8. The second kappa shape index (κ2) is 29.0. The summed E-state index contributed by atoms with van der Waals surface area (Å²) in [5.41, 5.74) is 5.74. The van der Waals surface area contributed by atoms with Crippen molar-refractivity contribution < 1.29 is 35.1 Å². The number of halogens is 8. The first-order valence-electron chi connectivity index (χ1n) is 23.0. The van der Waals surface area contributed by atoms with Crippen molar-refractivity contribution in [2.75, 3.05) is 0 Å². The first-order chi connectivity index (χ1) is 29.3. The molecule has 3 saturated carbocycles. The van der Waals surface area contributed by atoms with Crippen LogP contribution >= 0.6 is 0 Å². The molecule has 0 heterocycles. The molecule has 0 aromatic heterocycles. The Morgan fingerprint density at radius 3 is 1.16 bits per heavy atom.